The molecule has 58 valence electrons. The van der Waals surface area contributed by atoms with Crippen molar-refractivity contribution in [1.82, 2.24) is 0 Å². The third kappa shape index (κ3) is 4.13. The second-order valence-electron chi connectivity index (χ2n) is 1.92. The van der Waals surface area contributed by atoms with E-state index in [2.05, 4.69) is 11.9 Å². The Morgan fingerprint density at radius 1 is 1.60 bits per heavy atom. The highest BCUT2D eigenvalue weighted by Crippen LogP contribution is 1.85. The number of nitrogens with zero attached hydrogens (tertiary/aromatic N) is 1. The monoisotopic (exact) mass is 141 g/mol. The quantitative estimate of drug-likeness (QED) is 0.435. The van der Waals surface area contributed by atoms with E-state index < -0.39 is 0 Å². The second-order valence-corrected chi connectivity index (χ2v) is 1.92. The van der Waals surface area contributed by atoms with Crippen LogP contribution in [0.1, 0.15) is 20.3 Å². The Kier molecular flexibility index (Phi) is 5.83. The number of rotatable bonds is 3. The average molecular weight is 141 g/mol. The topological polar surface area (TPSA) is 21.6 Å². The molecule has 0 saturated heterocycles. The number of aliphatic imine (C=N–C) groups is 1. The molecule has 0 amide bonds. The molecule has 2 nitrogen and oxygen atoms in total. The molecule has 10 heavy (non-hydrogen) atoms. The van der Waals surface area contributed by atoms with Crippen molar-refractivity contribution >= 4 is 5.90 Å². The highest BCUT2D eigenvalue weighted by atomic mass is 16.5. The molecule has 0 saturated carbocycles. The molecule has 0 unspecified atom stereocenters. The van der Waals surface area contributed by atoms with Crippen LogP contribution in [0.15, 0.2) is 17.1 Å². The molecular weight excluding hydrogens is 126 g/mol. The summed E-state index contributed by atoms with van der Waals surface area (Å²) in [6, 6.07) is 0. The first kappa shape index (κ1) is 9.21. The molecule has 2 heteroatoms. The van der Waals surface area contributed by atoms with Gasteiger partial charge in [0.25, 0.3) is 0 Å². The van der Waals surface area contributed by atoms with Gasteiger partial charge < -0.3 is 4.74 Å². The highest BCUT2D eigenvalue weighted by molar-refractivity contribution is 5.87. The van der Waals surface area contributed by atoms with Crippen LogP contribution < -0.4 is 0 Å². The molecule has 0 radical (unpaired) electrons. The Morgan fingerprint density at radius 3 is 2.70 bits per heavy atom. The zero-order chi connectivity index (χ0) is 7.82. The average Bonchev–Trinajstić information content (AvgIpc) is 1.98. The fourth-order valence-corrected chi connectivity index (χ4v) is 0.550. The Morgan fingerprint density at radius 2 is 2.30 bits per heavy atom. The molecule has 0 fully saturated rings. The van der Waals surface area contributed by atoms with Gasteiger partial charge in [0.1, 0.15) is 0 Å². The second kappa shape index (κ2) is 6.33. The Labute approximate surface area is 62.6 Å². The van der Waals surface area contributed by atoms with Crippen molar-refractivity contribution in [3.05, 3.63) is 12.2 Å². The van der Waals surface area contributed by atoms with Gasteiger partial charge in [-0.05, 0) is 19.4 Å². The summed E-state index contributed by atoms with van der Waals surface area (Å²) in [5.41, 5.74) is 0. The van der Waals surface area contributed by atoms with Crippen LogP contribution in [0, 0.1) is 0 Å². The molecule has 0 N–H and O–H groups in total. The molecular formula is C8H15NO. The van der Waals surface area contributed by atoms with Crippen molar-refractivity contribution in [2.75, 3.05) is 13.7 Å². The molecule has 0 aliphatic heterocycles. The molecule has 0 rings (SSSR count). The maximum Gasteiger partial charge on any atom is 0.207 e. The van der Waals surface area contributed by atoms with Crippen LogP contribution in [0.5, 0.6) is 0 Å². The molecule has 0 heterocycles. The van der Waals surface area contributed by atoms with Gasteiger partial charge in [-0.3, -0.25) is 4.99 Å². The molecule has 0 aromatic rings. The lowest BCUT2D eigenvalue weighted by molar-refractivity contribution is 0.404. The molecule has 0 aromatic heterocycles. The lowest BCUT2D eigenvalue weighted by Gasteiger charge is -1.96. The third-order valence-electron chi connectivity index (χ3n) is 1.01. The van der Waals surface area contributed by atoms with E-state index in [4.69, 9.17) is 4.74 Å². The lowest BCUT2D eigenvalue weighted by Crippen LogP contribution is -1.97. The zero-order valence-corrected chi connectivity index (χ0v) is 6.92. The van der Waals surface area contributed by atoms with Gasteiger partial charge >= 0.3 is 0 Å². The first-order valence-electron chi connectivity index (χ1n) is 3.56. The van der Waals surface area contributed by atoms with Crippen LogP contribution in [0.3, 0.4) is 0 Å². The van der Waals surface area contributed by atoms with Crippen LogP contribution in [0.2, 0.25) is 0 Å². The molecule has 0 bridgehead atoms. The first-order valence-corrected chi connectivity index (χ1v) is 3.56. The van der Waals surface area contributed by atoms with Crippen molar-refractivity contribution in [3.63, 3.8) is 0 Å². The van der Waals surface area contributed by atoms with E-state index in [-0.39, 0.29) is 0 Å². The Bertz CT molecular complexity index is 127. The summed E-state index contributed by atoms with van der Waals surface area (Å²) in [7, 11) is 1.63. The Balaban J connectivity index is 3.78. The van der Waals surface area contributed by atoms with Crippen LogP contribution in [0.25, 0.3) is 0 Å². The van der Waals surface area contributed by atoms with Gasteiger partial charge in [-0.2, -0.15) is 0 Å². The predicted octanol–water partition coefficient (Wildman–Crippen LogP) is 2.02. The van der Waals surface area contributed by atoms with Gasteiger partial charge in [-0.1, -0.05) is 13.0 Å². The predicted molar refractivity (Wildman–Crippen MR) is 44.4 cm³/mol. The smallest absolute Gasteiger partial charge is 0.207 e. The molecule has 0 atom stereocenters. The fraction of sp³-hybridized carbons (Fsp3) is 0.625. The minimum atomic E-state index is 0.712. The zero-order valence-electron chi connectivity index (χ0n) is 6.92. The SMILES string of the molecule is CC=CC(=NCCC)OC. The van der Waals surface area contributed by atoms with Gasteiger partial charge in [0.2, 0.25) is 5.90 Å². The van der Waals surface area contributed by atoms with Crippen molar-refractivity contribution < 1.29 is 4.74 Å². The van der Waals surface area contributed by atoms with E-state index >= 15 is 0 Å². The Hall–Kier alpha value is -0.790. The third-order valence-corrected chi connectivity index (χ3v) is 1.01. The van der Waals surface area contributed by atoms with Crippen molar-refractivity contribution in [2.24, 2.45) is 4.99 Å². The summed E-state index contributed by atoms with van der Waals surface area (Å²) >= 11 is 0. The number of methoxy groups -OCH3 is 1. The van der Waals surface area contributed by atoms with Crippen molar-refractivity contribution in [3.8, 4) is 0 Å². The summed E-state index contributed by atoms with van der Waals surface area (Å²) in [5, 5.41) is 0. The van der Waals surface area contributed by atoms with Crippen LogP contribution >= 0.6 is 0 Å². The molecule has 0 aromatic carbocycles. The lowest BCUT2D eigenvalue weighted by atomic mass is 10.5. The normalized spacial score (nSPS) is 12.5. The van der Waals surface area contributed by atoms with Gasteiger partial charge in [0, 0.05) is 6.54 Å². The van der Waals surface area contributed by atoms with Crippen molar-refractivity contribution in [2.45, 2.75) is 20.3 Å². The van der Waals surface area contributed by atoms with Crippen molar-refractivity contribution in [1.29, 1.82) is 0 Å². The van der Waals surface area contributed by atoms with Gasteiger partial charge in [-0.25, -0.2) is 0 Å². The largest absolute Gasteiger partial charge is 0.481 e. The fourth-order valence-electron chi connectivity index (χ4n) is 0.550. The number of hydrogen-bond acceptors (Lipinski definition) is 2. The van der Waals surface area contributed by atoms with Crippen LogP contribution in [-0.2, 0) is 4.74 Å². The summed E-state index contributed by atoms with van der Waals surface area (Å²) in [4.78, 5) is 4.16. The van der Waals surface area contributed by atoms with E-state index in [0.717, 1.165) is 13.0 Å². The van der Waals surface area contributed by atoms with E-state index in [1.165, 1.54) is 0 Å². The van der Waals surface area contributed by atoms with Gasteiger partial charge in [0.05, 0.1) is 7.11 Å². The maximum atomic E-state index is 4.96. The van der Waals surface area contributed by atoms with Gasteiger partial charge in [-0.15, -0.1) is 0 Å². The summed E-state index contributed by atoms with van der Waals surface area (Å²) in [6.07, 6.45) is 4.83. The number of ether oxygens (including phenoxy) is 1. The summed E-state index contributed by atoms with van der Waals surface area (Å²) in [5.74, 6) is 0.712. The summed E-state index contributed by atoms with van der Waals surface area (Å²) < 4.78 is 4.96. The standard InChI is InChI=1S/C8H15NO/c1-4-6-8(10-3)9-7-5-2/h4,6H,5,7H2,1-3H3. The van der Waals surface area contributed by atoms with Gasteiger partial charge in [0.15, 0.2) is 0 Å². The minimum absolute atomic E-state index is 0.712. The van der Waals surface area contributed by atoms with E-state index in [9.17, 15) is 0 Å². The minimum Gasteiger partial charge on any atom is -0.481 e. The van der Waals surface area contributed by atoms with E-state index in [0.29, 0.717) is 5.90 Å². The molecule has 0 spiro atoms. The molecule has 0 aliphatic rings. The molecule has 0 aliphatic carbocycles. The number of allylic oxidation sites excluding steroid dienone is 1. The van der Waals surface area contributed by atoms with Crippen LogP contribution in [0.4, 0.5) is 0 Å². The highest BCUT2D eigenvalue weighted by Gasteiger charge is 1.86. The van der Waals surface area contributed by atoms with E-state index in [1.807, 2.05) is 19.1 Å². The summed E-state index contributed by atoms with van der Waals surface area (Å²) in [6.45, 7) is 4.88. The first-order chi connectivity index (χ1) is 4.85. The number of hydrogen-bond donors (Lipinski definition) is 0. The maximum absolute atomic E-state index is 4.96. The van der Waals surface area contributed by atoms with E-state index in [1.54, 1.807) is 7.11 Å². The van der Waals surface area contributed by atoms with Crippen LogP contribution in [-0.4, -0.2) is 19.6 Å².